The van der Waals surface area contributed by atoms with Gasteiger partial charge < -0.3 is 10.0 Å². The van der Waals surface area contributed by atoms with Crippen molar-refractivity contribution < 1.29 is 5.11 Å². The second-order valence-electron chi connectivity index (χ2n) is 7.06. The lowest BCUT2D eigenvalue weighted by Crippen LogP contribution is -2.41. The smallest absolute Gasteiger partial charge is 0.135 e. The van der Waals surface area contributed by atoms with E-state index in [1.54, 1.807) is 11.8 Å². The number of nitrogens with zero attached hydrogens (tertiary/aromatic N) is 1. The summed E-state index contributed by atoms with van der Waals surface area (Å²) in [6.45, 7) is 0. The molecule has 0 spiro atoms. The molecular weight excluding hydrogens is 366 g/mol. The second-order valence-corrected chi connectivity index (χ2v) is 10.3. The van der Waals surface area contributed by atoms with E-state index in [9.17, 15) is 5.11 Å². The molecule has 0 aromatic heterocycles. The molecule has 1 aliphatic carbocycles. The normalized spacial score (nSPS) is 17.9. The van der Waals surface area contributed by atoms with Crippen LogP contribution in [0.2, 0.25) is 0 Å². The molecule has 2 rings (SSSR count). The Morgan fingerprint density at radius 1 is 1.16 bits per heavy atom. The Morgan fingerprint density at radius 3 is 2.48 bits per heavy atom. The van der Waals surface area contributed by atoms with E-state index >= 15 is 0 Å². The zero-order chi connectivity index (χ0) is 18.1. The van der Waals surface area contributed by atoms with Crippen molar-refractivity contribution >= 4 is 40.1 Å². The van der Waals surface area contributed by atoms with Gasteiger partial charge >= 0.3 is 0 Å². The lowest BCUT2D eigenvalue weighted by atomic mass is 9.82. The van der Waals surface area contributed by atoms with E-state index in [4.69, 9.17) is 12.2 Å². The van der Waals surface area contributed by atoms with Gasteiger partial charge in [0.25, 0.3) is 0 Å². The zero-order valence-corrected chi connectivity index (χ0v) is 17.9. The first-order valence-electron chi connectivity index (χ1n) is 9.30. The van der Waals surface area contributed by atoms with Crippen LogP contribution in [0.4, 0.5) is 0 Å². The zero-order valence-electron chi connectivity index (χ0n) is 15.4. The summed E-state index contributed by atoms with van der Waals surface area (Å²) in [5, 5.41) is 11.0. The number of unbranched alkanes of at least 4 members (excludes halogenated alkanes) is 1. The molecule has 1 fully saturated rings. The van der Waals surface area contributed by atoms with Crippen LogP contribution in [0.1, 0.15) is 51.4 Å². The highest BCUT2D eigenvalue weighted by atomic mass is 32.2. The number of thiocarbonyl (C=S) groups is 1. The third-order valence-corrected chi connectivity index (χ3v) is 8.25. The molecule has 1 saturated carbocycles. The average Bonchev–Trinajstić information content (AvgIpc) is 2.62. The molecule has 1 N–H and O–H groups in total. The highest BCUT2D eigenvalue weighted by Crippen LogP contribution is 2.47. The molecule has 1 unspecified atom stereocenters. The van der Waals surface area contributed by atoms with Crippen LogP contribution in [-0.4, -0.2) is 45.0 Å². The first-order chi connectivity index (χ1) is 12.0. The fraction of sp³-hybridized carbons (Fsp3) is 0.650. The minimum Gasteiger partial charge on any atom is -0.392 e. The predicted molar refractivity (Wildman–Crippen MR) is 117 cm³/mol. The Hall–Kier alpha value is -0.230. The van der Waals surface area contributed by atoms with Gasteiger partial charge in [-0.2, -0.15) is 0 Å². The molecule has 1 atom stereocenters. The van der Waals surface area contributed by atoms with Crippen LogP contribution in [-0.2, 0) is 0 Å². The van der Waals surface area contributed by atoms with Gasteiger partial charge in [-0.15, -0.1) is 11.8 Å². The van der Waals surface area contributed by atoms with Crippen LogP contribution < -0.4 is 0 Å². The molecule has 140 valence electrons. The van der Waals surface area contributed by atoms with E-state index in [1.807, 2.05) is 30.8 Å². The Morgan fingerprint density at radius 2 is 1.84 bits per heavy atom. The van der Waals surface area contributed by atoms with Crippen LogP contribution in [0, 0.1) is 0 Å². The van der Waals surface area contributed by atoms with Gasteiger partial charge in [-0.25, -0.2) is 0 Å². The Balaban J connectivity index is 1.84. The van der Waals surface area contributed by atoms with Gasteiger partial charge in [0, 0.05) is 29.5 Å². The minimum absolute atomic E-state index is 0.00564. The molecule has 0 aliphatic heterocycles. The maximum atomic E-state index is 11.0. The molecule has 2 nitrogen and oxygen atoms in total. The molecule has 5 heteroatoms. The maximum Gasteiger partial charge on any atom is 0.135 e. The third-order valence-electron chi connectivity index (χ3n) is 4.83. The summed E-state index contributed by atoms with van der Waals surface area (Å²) < 4.78 is 0.954. The van der Waals surface area contributed by atoms with Gasteiger partial charge in [-0.3, -0.25) is 0 Å². The van der Waals surface area contributed by atoms with E-state index in [0.29, 0.717) is 0 Å². The van der Waals surface area contributed by atoms with E-state index in [-0.39, 0.29) is 10.9 Å². The molecule has 0 heterocycles. The molecule has 0 saturated heterocycles. The molecular formula is C20H31NOS3. The minimum atomic E-state index is -0.219. The molecule has 0 bridgehead atoms. The van der Waals surface area contributed by atoms with Crippen molar-refractivity contribution in [2.24, 2.45) is 0 Å². The first-order valence-corrected chi connectivity index (χ1v) is 11.5. The number of benzene rings is 1. The van der Waals surface area contributed by atoms with Crippen molar-refractivity contribution in [1.82, 2.24) is 4.90 Å². The van der Waals surface area contributed by atoms with E-state index in [1.165, 1.54) is 24.2 Å². The Kier molecular flexibility index (Phi) is 9.11. The molecule has 25 heavy (non-hydrogen) atoms. The molecule has 0 amide bonds. The number of rotatable bonds is 8. The number of thioether (sulfide) groups is 2. The van der Waals surface area contributed by atoms with Crippen molar-refractivity contribution in [2.75, 3.05) is 19.8 Å². The Bertz CT molecular complexity index is 515. The summed E-state index contributed by atoms with van der Waals surface area (Å²) in [5.41, 5.74) is 0. The summed E-state index contributed by atoms with van der Waals surface area (Å²) in [7, 11) is 3.99. The van der Waals surface area contributed by atoms with Crippen LogP contribution in [0.15, 0.2) is 35.2 Å². The van der Waals surface area contributed by atoms with E-state index < -0.39 is 0 Å². The second kappa shape index (κ2) is 10.8. The van der Waals surface area contributed by atoms with Gasteiger partial charge in [0.05, 0.1) is 6.10 Å². The van der Waals surface area contributed by atoms with Gasteiger partial charge in [0.1, 0.15) is 4.32 Å². The molecule has 0 radical (unpaired) electrons. The summed E-state index contributed by atoms with van der Waals surface area (Å²) in [6, 6.07) is 10.6. The largest absolute Gasteiger partial charge is 0.392 e. The van der Waals surface area contributed by atoms with Crippen molar-refractivity contribution in [1.29, 1.82) is 0 Å². The molecule has 1 aromatic rings. The van der Waals surface area contributed by atoms with Crippen molar-refractivity contribution in [3.63, 3.8) is 0 Å². The number of hydrogen-bond donors (Lipinski definition) is 1. The highest BCUT2D eigenvalue weighted by molar-refractivity contribution is 8.22. The Labute approximate surface area is 167 Å². The van der Waals surface area contributed by atoms with Crippen LogP contribution in [0.25, 0.3) is 0 Å². The van der Waals surface area contributed by atoms with E-state index in [0.717, 1.165) is 42.2 Å². The standard InChI is InChI=1S/C20H31NOS3/c1-21(2)19(23)24-16-10-7-13-18(22)20(14-8-4-9-15-20)25-17-11-5-3-6-12-17/h3,5-6,11-12,18,22H,4,7-10,13-16H2,1-2H3. The average molecular weight is 398 g/mol. The number of aliphatic hydroxyl groups excluding tert-OH is 1. The summed E-state index contributed by atoms with van der Waals surface area (Å²) >= 11 is 8.96. The third kappa shape index (κ3) is 6.78. The molecule has 1 aromatic carbocycles. The van der Waals surface area contributed by atoms with E-state index in [2.05, 4.69) is 30.3 Å². The summed E-state index contributed by atoms with van der Waals surface area (Å²) in [4.78, 5) is 3.28. The van der Waals surface area contributed by atoms with Crippen molar-refractivity contribution in [3.8, 4) is 0 Å². The lowest BCUT2D eigenvalue weighted by Gasteiger charge is -2.41. The fourth-order valence-electron chi connectivity index (χ4n) is 3.37. The highest BCUT2D eigenvalue weighted by Gasteiger charge is 2.39. The predicted octanol–water partition coefficient (Wildman–Crippen LogP) is 5.59. The SMILES string of the molecule is CN(C)C(=S)SCCCCC(O)C1(Sc2ccccc2)CCCCC1. The molecule has 1 aliphatic rings. The van der Waals surface area contributed by atoms with Gasteiger partial charge in [-0.1, -0.05) is 61.4 Å². The number of aliphatic hydroxyl groups is 1. The summed E-state index contributed by atoms with van der Waals surface area (Å²) in [5.74, 6) is 1.04. The van der Waals surface area contributed by atoms with Crippen LogP contribution >= 0.6 is 35.7 Å². The van der Waals surface area contributed by atoms with Gasteiger partial charge in [0.2, 0.25) is 0 Å². The van der Waals surface area contributed by atoms with Crippen LogP contribution in [0.3, 0.4) is 0 Å². The quantitative estimate of drug-likeness (QED) is 0.455. The number of hydrogen-bond acceptors (Lipinski definition) is 4. The van der Waals surface area contributed by atoms with Crippen molar-refractivity contribution in [3.05, 3.63) is 30.3 Å². The first kappa shape index (κ1) is 21.1. The van der Waals surface area contributed by atoms with Gasteiger partial charge in [-0.05, 0) is 44.2 Å². The van der Waals surface area contributed by atoms with Crippen molar-refractivity contribution in [2.45, 2.75) is 67.1 Å². The maximum absolute atomic E-state index is 11.0. The van der Waals surface area contributed by atoms with Crippen LogP contribution in [0.5, 0.6) is 0 Å². The summed E-state index contributed by atoms with van der Waals surface area (Å²) in [6.07, 6.45) is 8.91. The monoisotopic (exact) mass is 397 g/mol. The fourth-order valence-corrected chi connectivity index (χ4v) is 5.91. The lowest BCUT2D eigenvalue weighted by molar-refractivity contribution is 0.0963. The topological polar surface area (TPSA) is 23.5 Å². The van der Waals surface area contributed by atoms with Gasteiger partial charge in [0.15, 0.2) is 0 Å².